The molecule has 144 valence electrons. The first-order chi connectivity index (χ1) is 14.0. The monoisotopic (exact) mass is 425 g/mol. The fourth-order valence-corrected chi connectivity index (χ4v) is 3.56. The van der Waals surface area contributed by atoms with Gasteiger partial charge in [0.25, 0.3) is 5.91 Å². The average molecular weight is 426 g/mol. The van der Waals surface area contributed by atoms with Gasteiger partial charge in [-0.2, -0.15) is 5.26 Å². The second kappa shape index (κ2) is 7.63. The maximum Gasteiger partial charge on any atom is 0.262 e. The molecule has 6 nitrogen and oxygen atoms in total. The van der Waals surface area contributed by atoms with E-state index in [4.69, 9.17) is 32.4 Å². The number of nitrogens with zero attached hydrogens (tertiary/aromatic N) is 2. The molecule has 0 radical (unpaired) electrons. The van der Waals surface area contributed by atoms with Crippen molar-refractivity contribution in [1.29, 1.82) is 5.26 Å². The molecule has 29 heavy (non-hydrogen) atoms. The molecule has 0 saturated heterocycles. The van der Waals surface area contributed by atoms with Crippen molar-refractivity contribution in [2.45, 2.75) is 6.92 Å². The lowest BCUT2D eigenvalue weighted by Gasteiger charge is -2.12. The lowest BCUT2D eigenvalue weighted by Crippen LogP contribution is -2.20. The van der Waals surface area contributed by atoms with Crippen LogP contribution in [0.15, 0.2) is 46.9 Å². The molecule has 0 atom stereocenters. The van der Waals surface area contributed by atoms with Gasteiger partial charge < -0.3 is 14.5 Å². The number of carbonyl (C=O) groups is 1. The van der Waals surface area contributed by atoms with Crippen LogP contribution >= 0.6 is 23.2 Å². The molecular formula is C21H13Cl2N3O3. The first kappa shape index (κ1) is 19.1. The summed E-state index contributed by atoms with van der Waals surface area (Å²) in [5.74, 6) is -0.186. The molecule has 1 N–H and O–H groups in total. The van der Waals surface area contributed by atoms with Crippen LogP contribution in [0, 0.1) is 18.3 Å². The summed E-state index contributed by atoms with van der Waals surface area (Å²) in [4.78, 5) is 16.9. The molecule has 4 aromatic rings. The van der Waals surface area contributed by atoms with Crippen LogP contribution in [0.1, 0.15) is 11.5 Å². The number of furan rings is 1. The summed E-state index contributed by atoms with van der Waals surface area (Å²) in [6, 6.07) is 14.2. The van der Waals surface area contributed by atoms with Crippen LogP contribution in [0.4, 0.5) is 5.69 Å². The summed E-state index contributed by atoms with van der Waals surface area (Å²) in [6.45, 7) is 1.49. The number of halogens is 2. The average Bonchev–Trinajstić information content (AvgIpc) is 3.05. The van der Waals surface area contributed by atoms with Gasteiger partial charge in [-0.3, -0.25) is 4.79 Å². The van der Waals surface area contributed by atoms with E-state index in [2.05, 4.69) is 10.3 Å². The van der Waals surface area contributed by atoms with Crippen molar-refractivity contribution in [3.63, 3.8) is 0 Å². The Labute approximate surface area is 175 Å². The zero-order valence-electron chi connectivity index (χ0n) is 15.1. The van der Waals surface area contributed by atoms with Crippen LogP contribution in [-0.2, 0) is 4.79 Å². The van der Waals surface area contributed by atoms with Crippen LogP contribution < -0.4 is 10.1 Å². The molecular weight excluding hydrogens is 413 g/mol. The number of hydrogen-bond acceptors (Lipinski definition) is 5. The Morgan fingerprint density at radius 1 is 1.21 bits per heavy atom. The number of carbonyl (C=O) groups excluding carboxylic acids is 1. The number of rotatable bonds is 4. The molecule has 2 heterocycles. The number of hydrogen-bond donors (Lipinski definition) is 1. The third kappa shape index (κ3) is 3.58. The van der Waals surface area contributed by atoms with Gasteiger partial charge >= 0.3 is 0 Å². The highest BCUT2D eigenvalue weighted by Gasteiger charge is 2.18. The van der Waals surface area contributed by atoms with Gasteiger partial charge in [0.1, 0.15) is 22.9 Å². The van der Waals surface area contributed by atoms with E-state index < -0.39 is 5.91 Å². The lowest BCUT2D eigenvalue weighted by atomic mass is 10.2. The Kier molecular flexibility index (Phi) is 5.01. The normalized spacial score (nSPS) is 10.8. The van der Waals surface area contributed by atoms with Crippen LogP contribution in [0.2, 0.25) is 10.0 Å². The van der Waals surface area contributed by atoms with E-state index in [-0.39, 0.29) is 23.1 Å². The molecule has 8 heteroatoms. The van der Waals surface area contributed by atoms with Crippen molar-refractivity contribution >= 4 is 56.7 Å². The summed E-state index contributed by atoms with van der Waals surface area (Å²) in [5.41, 5.74) is 2.04. The zero-order chi connectivity index (χ0) is 20.5. The van der Waals surface area contributed by atoms with E-state index in [0.29, 0.717) is 32.6 Å². The molecule has 2 aromatic carbocycles. The number of nitriles is 1. The van der Waals surface area contributed by atoms with Crippen molar-refractivity contribution in [1.82, 2.24) is 4.98 Å². The molecule has 0 bridgehead atoms. The highest BCUT2D eigenvalue weighted by atomic mass is 35.5. The van der Waals surface area contributed by atoms with Gasteiger partial charge in [0.05, 0.1) is 10.0 Å². The van der Waals surface area contributed by atoms with E-state index in [1.165, 1.54) is 0 Å². The number of nitrogens with one attached hydrogen (secondary N) is 1. The number of fused-ring (bicyclic) bond motifs is 2. The van der Waals surface area contributed by atoms with Crippen molar-refractivity contribution in [2.75, 3.05) is 11.9 Å². The summed E-state index contributed by atoms with van der Waals surface area (Å²) < 4.78 is 11.1. The number of aromatic nitrogens is 1. The number of para-hydroxylation sites is 1. The molecule has 0 aliphatic heterocycles. The van der Waals surface area contributed by atoms with Gasteiger partial charge in [-0.15, -0.1) is 0 Å². The summed E-state index contributed by atoms with van der Waals surface area (Å²) in [6.07, 6.45) is 0. The van der Waals surface area contributed by atoms with Crippen LogP contribution in [0.25, 0.3) is 21.9 Å². The second-order valence-corrected chi connectivity index (χ2v) is 7.08. The lowest BCUT2D eigenvalue weighted by molar-refractivity contribution is -0.118. The SMILES string of the molecule is Cc1ccc2c(Cl)cc(Cl)c(OCC(=O)Nc3c(C#N)oc4ccccc34)c2n1. The molecule has 0 unspecified atom stereocenters. The third-order valence-electron chi connectivity index (χ3n) is 4.29. The van der Waals surface area contributed by atoms with Gasteiger partial charge in [0.15, 0.2) is 12.4 Å². The number of aryl methyl sites for hydroxylation is 1. The highest BCUT2D eigenvalue weighted by molar-refractivity contribution is 6.39. The Morgan fingerprint density at radius 2 is 2.00 bits per heavy atom. The summed E-state index contributed by atoms with van der Waals surface area (Å²) in [7, 11) is 0. The molecule has 0 fully saturated rings. The largest absolute Gasteiger partial charge is 0.480 e. The summed E-state index contributed by atoms with van der Waals surface area (Å²) in [5, 5.41) is 14.0. The Hall–Kier alpha value is -3.27. The van der Waals surface area contributed by atoms with Crippen LogP contribution in [0.3, 0.4) is 0 Å². The van der Waals surface area contributed by atoms with Crippen molar-refractivity contribution in [2.24, 2.45) is 0 Å². The number of pyridine rings is 1. The topological polar surface area (TPSA) is 88.1 Å². The molecule has 0 spiro atoms. The van der Waals surface area contributed by atoms with Gasteiger partial charge in [0.2, 0.25) is 5.76 Å². The van der Waals surface area contributed by atoms with E-state index in [1.807, 2.05) is 25.1 Å². The van der Waals surface area contributed by atoms with Crippen molar-refractivity contribution in [3.8, 4) is 11.8 Å². The smallest absolute Gasteiger partial charge is 0.262 e. The minimum atomic E-state index is -0.472. The highest BCUT2D eigenvalue weighted by Crippen LogP contribution is 2.37. The third-order valence-corrected chi connectivity index (χ3v) is 4.88. The van der Waals surface area contributed by atoms with Gasteiger partial charge in [0, 0.05) is 16.5 Å². The van der Waals surface area contributed by atoms with Gasteiger partial charge in [-0.25, -0.2) is 4.98 Å². The predicted octanol–water partition coefficient (Wildman–Crippen LogP) is 5.49. The first-order valence-electron chi connectivity index (χ1n) is 8.57. The minimum Gasteiger partial charge on any atom is -0.480 e. The first-order valence-corrected chi connectivity index (χ1v) is 9.33. The zero-order valence-corrected chi connectivity index (χ0v) is 16.6. The Bertz CT molecular complexity index is 1310. The number of ether oxygens (including phenoxy) is 1. The van der Waals surface area contributed by atoms with E-state index in [9.17, 15) is 10.1 Å². The quantitative estimate of drug-likeness (QED) is 0.467. The fraction of sp³-hybridized carbons (Fsp3) is 0.0952. The predicted molar refractivity (Wildman–Crippen MR) is 112 cm³/mol. The Balaban J connectivity index is 1.60. The summed E-state index contributed by atoms with van der Waals surface area (Å²) >= 11 is 12.5. The maximum absolute atomic E-state index is 12.5. The molecule has 0 aliphatic carbocycles. The molecule has 0 saturated carbocycles. The van der Waals surface area contributed by atoms with Gasteiger partial charge in [-0.1, -0.05) is 35.3 Å². The molecule has 2 aromatic heterocycles. The molecule has 0 aliphatic rings. The molecule has 1 amide bonds. The van der Waals surface area contributed by atoms with Crippen LogP contribution in [0.5, 0.6) is 5.75 Å². The second-order valence-electron chi connectivity index (χ2n) is 6.27. The Morgan fingerprint density at radius 3 is 2.79 bits per heavy atom. The standard InChI is InChI=1S/C21H13Cl2N3O3/c1-11-6-7-12-14(22)8-15(23)21(20(12)25-11)28-10-18(27)26-19-13-4-2-3-5-16(13)29-17(19)9-24/h2-8H,10H2,1H3,(H,26,27). The van der Waals surface area contributed by atoms with Crippen LogP contribution in [-0.4, -0.2) is 17.5 Å². The van der Waals surface area contributed by atoms with Crippen molar-refractivity contribution in [3.05, 3.63) is 64.0 Å². The van der Waals surface area contributed by atoms with E-state index in [0.717, 1.165) is 5.69 Å². The number of anilines is 1. The van der Waals surface area contributed by atoms with E-state index in [1.54, 1.807) is 30.3 Å². The number of benzene rings is 2. The van der Waals surface area contributed by atoms with Gasteiger partial charge in [-0.05, 0) is 37.3 Å². The van der Waals surface area contributed by atoms with Crippen molar-refractivity contribution < 1.29 is 13.9 Å². The molecule has 4 rings (SSSR count). The minimum absolute atomic E-state index is 0.0202. The fourth-order valence-electron chi connectivity index (χ4n) is 2.99. The maximum atomic E-state index is 12.5. The van der Waals surface area contributed by atoms with E-state index >= 15 is 0 Å². The number of amides is 1.